The molecule has 0 amide bonds. The third kappa shape index (κ3) is 2.65. The molecule has 17 heavy (non-hydrogen) atoms. The lowest BCUT2D eigenvalue weighted by atomic mass is 10.0. The monoisotopic (exact) mass is 262 g/mol. The average Bonchev–Trinajstić information content (AvgIpc) is 2.75. The Hall–Kier alpha value is -0.170. The third-order valence-electron chi connectivity index (χ3n) is 3.99. The molecule has 0 unspecified atom stereocenters. The summed E-state index contributed by atoms with van der Waals surface area (Å²) in [5, 5.41) is 12.5. The second kappa shape index (κ2) is 5.22. The number of hydrogen-bond donors (Lipinski definition) is 2. The normalized spacial score (nSPS) is 32.2. The van der Waals surface area contributed by atoms with Crippen LogP contribution in [0.15, 0.2) is 0 Å². The van der Waals surface area contributed by atoms with Crippen molar-refractivity contribution in [3.63, 3.8) is 0 Å². The Morgan fingerprint density at radius 2 is 1.82 bits per heavy atom. The Morgan fingerprint density at radius 3 is 2.35 bits per heavy atom. The molecule has 0 aromatic carbocycles. The van der Waals surface area contributed by atoms with Crippen molar-refractivity contribution >= 4 is 10.0 Å². The molecule has 2 aliphatic rings. The van der Waals surface area contributed by atoms with Crippen molar-refractivity contribution in [1.29, 1.82) is 0 Å². The van der Waals surface area contributed by atoms with Crippen LogP contribution in [0.25, 0.3) is 0 Å². The quantitative estimate of drug-likeness (QED) is 0.746. The molecular formula is C11H22N2O3S. The molecule has 1 heterocycles. The summed E-state index contributed by atoms with van der Waals surface area (Å²) in [4.78, 5) is 0. The SMILES string of the molecule is CN([C@@H]1CNC[C@H]1O)S(=O)(=O)C1CCCCC1. The number of sulfonamides is 1. The molecule has 0 aromatic rings. The van der Waals surface area contributed by atoms with Gasteiger partial charge in [0.25, 0.3) is 0 Å². The van der Waals surface area contributed by atoms with E-state index in [9.17, 15) is 13.5 Å². The fourth-order valence-corrected chi connectivity index (χ4v) is 4.80. The first-order valence-electron chi connectivity index (χ1n) is 6.39. The van der Waals surface area contributed by atoms with Crippen molar-refractivity contribution in [3.05, 3.63) is 0 Å². The Bertz CT molecular complexity index is 352. The van der Waals surface area contributed by atoms with Crippen molar-refractivity contribution in [1.82, 2.24) is 9.62 Å². The van der Waals surface area contributed by atoms with Crippen LogP contribution in [0, 0.1) is 0 Å². The van der Waals surface area contributed by atoms with E-state index < -0.39 is 16.1 Å². The van der Waals surface area contributed by atoms with Crippen LogP contribution in [0.1, 0.15) is 32.1 Å². The molecule has 0 spiro atoms. The maximum Gasteiger partial charge on any atom is 0.217 e. The van der Waals surface area contributed by atoms with Gasteiger partial charge < -0.3 is 10.4 Å². The third-order valence-corrected chi connectivity index (χ3v) is 6.38. The highest BCUT2D eigenvalue weighted by Crippen LogP contribution is 2.27. The van der Waals surface area contributed by atoms with E-state index in [-0.39, 0.29) is 11.3 Å². The van der Waals surface area contributed by atoms with Gasteiger partial charge in [0.2, 0.25) is 10.0 Å². The van der Waals surface area contributed by atoms with Gasteiger partial charge in [-0.15, -0.1) is 0 Å². The van der Waals surface area contributed by atoms with Crippen molar-refractivity contribution in [2.75, 3.05) is 20.1 Å². The summed E-state index contributed by atoms with van der Waals surface area (Å²) >= 11 is 0. The van der Waals surface area contributed by atoms with Crippen molar-refractivity contribution in [3.8, 4) is 0 Å². The lowest BCUT2D eigenvalue weighted by Gasteiger charge is -2.31. The second-order valence-electron chi connectivity index (χ2n) is 5.11. The minimum atomic E-state index is -3.25. The Morgan fingerprint density at radius 1 is 1.18 bits per heavy atom. The fraction of sp³-hybridized carbons (Fsp3) is 1.00. The molecule has 6 heteroatoms. The smallest absolute Gasteiger partial charge is 0.217 e. The van der Waals surface area contributed by atoms with Crippen LogP contribution in [-0.2, 0) is 10.0 Å². The van der Waals surface area contributed by atoms with E-state index in [1.54, 1.807) is 7.05 Å². The summed E-state index contributed by atoms with van der Waals surface area (Å²) in [6.07, 6.45) is 4.10. The predicted molar refractivity (Wildman–Crippen MR) is 66.2 cm³/mol. The minimum Gasteiger partial charge on any atom is -0.390 e. The highest BCUT2D eigenvalue weighted by molar-refractivity contribution is 7.89. The lowest BCUT2D eigenvalue weighted by Crippen LogP contribution is -2.48. The van der Waals surface area contributed by atoms with Gasteiger partial charge in [0, 0.05) is 20.1 Å². The molecule has 1 aliphatic carbocycles. The fourth-order valence-electron chi connectivity index (χ4n) is 2.81. The van der Waals surface area contributed by atoms with Crippen molar-refractivity contribution < 1.29 is 13.5 Å². The Kier molecular flexibility index (Phi) is 4.07. The van der Waals surface area contributed by atoms with Gasteiger partial charge in [-0.25, -0.2) is 8.42 Å². The highest BCUT2D eigenvalue weighted by atomic mass is 32.2. The van der Waals surface area contributed by atoms with Crippen molar-refractivity contribution in [2.24, 2.45) is 0 Å². The molecule has 0 radical (unpaired) electrons. The topological polar surface area (TPSA) is 69.6 Å². The molecule has 2 atom stereocenters. The molecule has 1 saturated heterocycles. The standard InChI is InChI=1S/C11H22N2O3S/c1-13(10-7-12-8-11(10)14)17(15,16)9-5-3-2-4-6-9/h9-12,14H,2-8H2,1H3/t10-,11-/m1/s1. The highest BCUT2D eigenvalue weighted by Gasteiger charge is 2.39. The molecule has 2 N–H and O–H groups in total. The minimum absolute atomic E-state index is 0.242. The number of likely N-dealkylation sites (N-methyl/N-ethyl adjacent to an activating group) is 1. The number of rotatable bonds is 3. The van der Waals surface area contributed by atoms with E-state index in [0.29, 0.717) is 13.1 Å². The van der Waals surface area contributed by atoms with Crippen LogP contribution < -0.4 is 5.32 Å². The van der Waals surface area contributed by atoms with Crippen LogP contribution >= 0.6 is 0 Å². The molecule has 100 valence electrons. The average molecular weight is 262 g/mol. The maximum atomic E-state index is 12.4. The zero-order valence-electron chi connectivity index (χ0n) is 10.3. The molecule has 5 nitrogen and oxygen atoms in total. The van der Waals surface area contributed by atoms with E-state index in [4.69, 9.17) is 0 Å². The van der Waals surface area contributed by atoms with E-state index in [1.165, 1.54) is 4.31 Å². The molecule has 0 aromatic heterocycles. The van der Waals surface area contributed by atoms with E-state index in [0.717, 1.165) is 32.1 Å². The second-order valence-corrected chi connectivity index (χ2v) is 7.39. The molecular weight excluding hydrogens is 240 g/mol. The summed E-state index contributed by atoms with van der Waals surface area (Å²) in [7, 11) is -1.64. The number of aliphatic hydroxyl groups is 1. The zero-order chi connectivity index (χ0) is 12.5. The summed E-state index contributed by atoms with van der Waals surface area (Å²) in [5.41, 5.74) is 0. The van der Waals surface area contributed by atoms with Crippen LogP contribution in [0.5, 0.6) is 0 Å². The van der Waals surface area contributed by atoms with Gasteiger partial charge in [-0.3, -0.25) is 0 Å². The Balaban J connectivity index is 2.08. The van der Waals surface area contributed by atoms with Gasteiger partial charge in [0.1, 0.15) is 0 Å². The molecule has 2 fully saturated rings. The lowest BCUT2D eigenvalue weighted by molar-refractivity contribution is 0.135. The predicted octanol–water partition coefficient (Wildman–Crippen LogP) is -0.0866. The van der Waals surface area contributed by atoms with Crippen LogP contribution in [0.4, 0.5) is 0 Å². The summed E-state index contributed by atoms with van der Waals surface area (Å²) in [5.74, 6) is 0. The Labute approximate surface area is 103 Å². The molecule has 1 aliphatic heterocycles. The molecule has 2 rings (SSSR count). The number of nitrogens with zero attached hydrogens (tertiary/aromatic N) is 1. The van der Waals surface area contributed by atoms with Gasteiger partial charge in [-0.2, -0.15) is 4.31 Å². The van der Waals surface area contributed by atoms with E-state index in [2.05, 4.69) is 5.32 Å². The van der Waals surface area contributed by atoms with Crippen LogP contribution in [0.3, 0.4) is 0 Å². The first kappa shape index (κ1) is 13.3. The number of β-amino-alcohol motifs (C(OH)–C–C–N with tert-alkyl or cyclic N) is 1. The first-order valence-corrected chi connectivity index (χ1v) is 7.89. The van der Waals surface area contributed by atoms with Gasteiger partial charge in [0.15, 0.2) is 0 Å². The van der Waals surface area contributed by atoms with Gasteiger partial charge in [-0.05, 0) is 12.8 Å². The summed E-state index contributed by atoms with van der Waals surface area (Å²) in [6, 6.07) is -0.304. The van der Waals surface area contributed by atoms with Gasteiger partial charge >= 0.3 is 0 Å². The number of hydrogen-bond acceptors (Lipinski definition) is 4. The van der Waals surface area contributed by atoms with Crippen LogP contribution in [0.2, 0.25) is 0 Å². The number of aliphatic hydroxyl groups excluding tert-OH is 1. The molecule has 1 saturated carbocycles. The van der Waals surface area contributed by atoms with Crippen molar-refractivity contribution in [2.45, 2.75) is 49.5 Å². The summed E-state index contributed by atoms with van der Waals surface area (Å²) in [6.45, 7) is 1.03. The first-order chi connectivity index (χ1) is 8.03. The summed E-state index contributed by atoms with van der Waals surface area (Å²) < 4.78 is 26.2. The maximum absolute atomic E-state index is 12.4. The molecule has 0 bridgehead atoms. The largest absolute Gasteiger partial charge is 0.390 e. The van der Waals surface area contributed by atoms with Crippen LogP contribution in [-0.4, -0.2) is 55.4 Å². The van der Waals surface area contributed by atoms with Gasteiger partial charge in [0.05, 0.1) is 17.4 Å². The number of nitrogens with one attached hydrogen (secondary N) is 1. The van der Waals surface area contributed by atoms with E-state index >= 15 is 0 Å². The van der Waals surface area contributed by atoms with Gasteiger partial charge in [-0.1, -0.05) is 19.3 Å². The van der Waals surface area contributed by atoms with E-state index in [1.807, 2.05) is 0 Å². The zero-order valence-corrected chi connectivity index (χ0v) is 11.1.